The molecule has 0 aromatic carbocycles. The molecule has 0 spiro atoms. The number of likely N-dealkylation sites (tertiary alicyclic amines) is 1. The molecular weight excluding hydrogens is 249 g/mol. The van der Waals surface area contributed by atoms with Crippen LogP contribution >= 0.6 is 0 Å². The van der Waals surface area contributed by atoms with Crippen molar-refractivity contribution in [3.8, 4) is 0 Å². The zero-order valence-corrected chi connectivity index (χ0v) is 14.1. The first-order valence-electron chi connectivity index (χ1n) is 9.19. The van der Waals surface area contributed by atoms with E-state index in [0.29, 0.717) is 0 Å². The molecule has 0 amide bonds. The lowest BCUT2D eigenvalue weighted by molar-refractivity contribution is -0.928. The molecule has 0 radical (unpaired) electrons. The van der Waals surface area contributed by atoms with Crippen LogP contribution in [0.2, 0.25) is 0 Å². The van der Waals surface area contributed by atoms with Crippen LogP contribution in [0.3, 0.4) is 0 Å². The number of quaternary nitrogens is 1. The first kappa shape index (κ1) is 19.9. The number of hydrogen-bond donors (Lipinski definition) is 1. The summed E-state index contributed by atoms with van der Waals surface area (Å²) >= 11 is 0. The van der Waals surface area contributed by atoms with Crippen molar-refractivity contribution in [2.75, 3.05) is 13.1 Å². The number of rotatable bonds is 11. The normalized spacial score (nSPS) is 22.5. The van der Waals surface area contributed by atoms with Gasteiger partial charge in [0.1, 0.15) is 0 Å². The first-order valence-corrected chi connectivity index (χ1v) is 9.19. The quantitative estimate of drug-likeness (QED) is 0.548. The lowest BCUT2D eigenvalue weighted by Gasteiger charge is -2.30. The van der Waals surface area contributed by atoms with E-state index in [9.17, 15) is 0 Å². The summed E-state index contributed by atoms with van der Waals surface area (Å²) < 4.78 is 0. The summed E-state index contributed by atoms with van der Waals surface area (Å²) in [6.45, 7) is 7.63. The van der Waals surface area contributed by atoms with Gasteiger partial charge >= 0.3 is 0 Å². The second kappa shape index (κ2) is 13.9. The van der Waals surface area contributed by atoms with Crippen molar-refractivity contribution in [3.63, 3.8) is 0 Å². The van der Waals surface area contributed by atoms with E-state index < -0.39 is 0 Å². The van der Waals surface area contributed by atoms with Crippen LogP contribution < -0.4 is 9.60 Å². The molecule has 122 valence electrons. The fourth-order valence-electron chi connectivity index (χ4n) is 3.46. The van der Waals surface area contributed by atoms with E-state index >= 15 is 0 Å². The summed E-state index contributed by atoms with van der Waals surface area (Å²) in [5.74, 6) is 0. The fraction of sp³-hybridized carbons (Fsp3) is 1.00. The molecule has 1 aliphatic rings. The number of hydrogen-bond acceptors (Lipinski definition) is 0. The van der Waals surface area contributed by atoms with Gasteiger partial charge in [0.15, 0.2) is 0 Å². The van der Waals surface area contributed by atoms with Gasteiger partial charge in [0.25, 0.3) is 0 Å². The average molecular weight is 288 g/mol. The Bertz CT molecular complexity index is 196. The van der Waals surface area contributed by atoms with Crippen LogP contribution in [0.1, 0.15) is 97.3 Å². The van der Waals surface area contributed by atoms with Gasteiger partial charge in [-0.1, -0.05) is 58.3 Å². The molecule has 0 aromatic heterocycles. The predicted octanol–water partition coefficient (Wildman–Crippen LogP) is 1.37. The van der Waals surface area contributed by atoms with Crippen molar-refractivity contribution < 1.29 is 9.60 Å². The molecule has 1 fully saturated rings. The minimum atomic E-state index is 0. The van der Waals surface area contributed by atoms with Gasteiger partial charge in [-0.2, -0.15) is 0 Å². The van der Waals surface area contributed by atoms with E-state index in [4.69, 9.17) is 0 Å². The molecule has 1 rings (SSSR count). The molecular formula is C18H38FN. The molecule has 1 N–H and O–H groups in total. The van der Waals surface area contributed by atoms with E-state index in [0.717, 1.165) is 6.04 Å². The second-order valence-electron chi connectivity index (χ2n) is 6.74. The molecule has 0 aromatic rings. The minimum absolute atomic E-state index is 0. The molecule has 0 saturated carbocycles. The molecule has 0 aliphatic carbocycles. The Labute approximate surface area is 126 Å². The molecule has 2 unspecified atom stereocenters. The van der Waals surface area contributed by atoms with E-state index in [1.165, 1.54) is 96.6 Å². The Balaban J connectivity index is 0.00000361. The summed E-state index contributed by atoms with van der Waals surface area (Å²) in [4.78, 5) is 1.89. The highest BCUT2D eigenvalue weighted by atomic mass is 19.0. The van der Waals surface area contributed by atoms with Gasteiger partial charge in [-0.25, -0.2) is 0 Å². The first-order chi connectivity index (χ1) is 9.34. The smallest absolute Gasteiger partial charge is 0.0846 e. The average Bonchev–Trinajstić information content (AvgIpc) is 2.43. The fourth-order valence-corrected chi connectivity index (χ4v) is 3.46. The maximum Gasteiger partial charge on any atom is 0.0846 e. The summed E-state index contributed by atoms with van der Waals surface area (Å²) in [6.07, 6.45) is 19.0. The highest BCUT2D eigenvalue weighted by Crippen LogP contribution is 2.10. The Morgan fingerprint density at radius 1 is 0.800 bits per heavy atom. The van der Waals surface area contributed by atoms with Gasteiger partial charge in [0, 0.05) is 0 Å². The largest absolute Gasteiger partial charge is 1.00 e. The van der Waals surface area contributed by atoms with Crippen LogP contribution in [0.25, 0.3) is 0 Å². The zero-order valence-electron chi connectivity index (χ0n) is 14.1. The van der Waals surface area contributed by atoms with Crippen molar-refractivity contribution in [2.24, 2.45) is 0 Å². The molecule has 0 bridgehead atoms. The summed E-state index contributed by atoms with van der Waals surface area (Å²) in [5.41, 5.74) is 0. The summed E-state index contributed by atoms with van der Waals surface area (Å²) in [6, 6.07) is 0.937. The van der Waals surface area contributed by atoms with Gasteiger partial charge in [-0.3, -0.25) is 0 Å². The van der Waals surface area contributed by atoms with Crippen LogP contribution in [0, 0.1) is 0 Å². The molecule has 20 heavy (non-hydrogen) atoms. The van der Waals surface area contributed by atoms with E-state index in [1.54, 1.807) is 0 Å². The number of halogens is 1. The standard InChI is InChI=1S/C18H37N.FH/c1-3-4-5-6-7-8-9-10-11-13-16-19-17-14-12-15-18(19)2;/h18H,3-17H2,1-2H3;1H. The van der Waals surface area contributed by atoms with Crippen LogP contribution in [0.4, 0.5) is 0 Å². The lowest BCUT2D eigenvalue weighted by Crippen LogP contribution is -3.16. The van der Waals surface area contributed by atoms with E-state index in [-0.39, 0.29) is 4.70 Å². The summed E-state index contributed by atoms with van der Waals surface area (Å²) in [7, 11) is 0. The highest BCUT2D eigenvalue weighted by Gasteiger charge is 2.20. The highest BCUT2D eigenvalue weighted by molar-refractivity contribution is 4.55. The van der Waals surface area contributed by atoms with Gasteiger partial charge in [0.2, 0.25) is 0 Å². The predicted molar refractivity (Wildman–Crippen MR) is 85.9 cm³/mol. The molecule has 2 heteroatoms. The van der Waals surface area contributed by atoms with Gasteiger partial charge < -0.3 is 9.60 Å². The maximum atomic E-state index is 2.45. The molecule has 2 atom stereocenters. The molecule has 1 heterocycles. The second-order valence-corrected chi connectivity index (χ2v) is 6.74. The third-order valence-corrected chi connectivity index (χ3v) is 4.93. The number of unbranched alkanes of at least 4 members (excludes halogenated alkanes) is 9. The van der Waals surface area contributed by atoms with E-state index in [2.05, 4.69) is 13.8 Å². The minimum Gasteiger partial charge on any atom is -1.00 e. The zero-order chi connectivity index (χ0) is 13.8. The Morgan fingerprint density at radius 3 is 1.90 bits per heavy atom. The topological polar surface area (TPSA) is 4.44 Å². The van der Waals surface area contributed by atoms with Gasteiger partial charge in [-0.15, -0.1) is 0 Å². The van der Waals surface area contributed by atoms with Crippen molar-refractivity contribution in [1.82, 2.24) is 0 Å². The van der Waals surface area contributed by atoms with Crippen LogP contribution in [0.15, 0.2) is 0 Å². The third kappa shape index (κ3) is 9.74. The Kier molecular flexibility index (Phi) is 13.8. The SMILES string of the molecule is CCCCCCCCCCCC[NH+]1CCCCC1C.[F-]. The molecule has 1 nitrogen and oxygen atoms in total. The van der Waals surface area contributed by atoms with Crippen LogP contribution in [-0.4, -0.2) is 19.1 Å². The van der Waals surface area contributed by atoms with Crippen LogP contribution in [0.5, 0.6) is 0 Å². The monoisotopic (exact) mass is 287 g/mol. The van der Waals surface area contributed by atoms with Crippen molar-refractivity contribution in [2.45, 2.75) is 103 Å². The lowest BCUT2D eigenvalue weighted by atomic mass is 10.0. The number of nitrogens with one attached hydrogen (secondary N) is 1. The molecule has 1 saturated heterocycles. The van der Waals surface area contributed by atoms with Gasteiger partial charge in [0.05, 0.1) is 19.1 Å². The van der Waals surface area contributed by atoms with Crippen molar-refractivity contribution in [3.05, 3.63) is 0 Å². The van der Waals surface area contributed by atoms with Crippen molar-refractivity contribution >= 4 is 0 Å². The van der Waals surface area contributed by atoms with Gasteiger partial charge in [-0.05, 0) is 39.0 Å². The Hall–Kier alpha value is -0.110. The van der Waals surface area contributed by atoms with E-state index in [1.807, 2.05) is 4.90 Å². The third-order valence-electron chi connectivity index (χ3n) is 4.93. The van der Waals surface area contributed by atoms with Crippen molar-refractivity contribution in [1.29, 1.82) is 0 Å². The Morgan fingerprint density at radius 2 is 1.35 bits per heavy atom. The number of piperidine rings is 1. The maximum absolute atomic E-state index is 2.45. The van der Waals surface area contributed by atoms with Crippen LogP contribution in [-0.2, 0) is 0 Å². The summed E-state index contributed by atoms with van der Waals surface area (Å²) in [5, 5.41) is 0. The molecule has 1 aliphatic heterocycles.